The number of hydrogen-bond donors (Lipinski definition) is 1. The van der Waals surface area contributed by atoms with Crippen LogP contribution in [-0.4, -0.2) is 56.6 Å². The number of aromatic nitrogens is 2. The van der Waals surface area contributed by atoms with Crippen LogP contribution in [-0.2, 0) is 21.4 Å². The minimum absolute atomic E-state index is 0.0354. The van der Waals surface area contributed by atoms with Gasteiger partial charge >= 0.3 is 0 Å². The van der Waals surface area contributed by atoms with Gasteiger partial charge in [0.05, 0.1) is 37.2 Å². The third kappa shape index (κ3) is 5.18. The molecule has 1 N–H and O–H groups in total. The molecule has 170 valence electrons. The number of ether oxygens (including phenoxy) is 2. The van der Waals surface area contributed by atoms with Gasteiger partial charge in [-0.3, -0.25) is 4.79 Å². The normalized spacial score (nSPS) is 11.4. The summed E-state index contributed by atoms with van der Waals surface area (Å²) in [7, 11) is 0.210. The summed E-state index contributed by atoms with van der Waals surface area (Å²) >= 11 is 6.11. The maximum Gasteiger partial charge on any atom is 0.246 e. The molecule has 0 radical (unpaired) electrons. The molecule has 0 saturated heterocycles. The van der Waals surface area contributed by atoms with Crippen molar-refractivity contribution in [3.8, 4) is 22.9 Å². The number of methoxy groups -OCH3 is 2. The van der Waals surface area contributed by atoms with E-state index in [4.69, 9.17) is 25.6 Å². The maximum atomic E-state index is 12.8. The van der Waals surface area contributed by atoms with Gasteiger partial charge in [-0.25, -0.2) is 8.42 Å². The number of rotatable bonds is 9. The second-order valence-electron chi connectivity index (χ2n) is 6.55. The second kappa shape index (κ2) is 9.98. The predicted octanol–water partition coefficient (Wildman–Crippen LogP) is 2.34. The molecule has 32 heavy (non-hydrogen) atoms. The fourth-order valence-electron chi connectivity index (χ4n) is 2.75. The Morgan fingerprint density at radius 3 is 2.56 bits per heavy atom. The number of hydrogen-bond acceptors (Lipinski definition) is 8. The summed E-state index contributed by atoms with van der Waals surface area (Å²) in [6.07, 6.45) is 0. The Hall–Kier alpha value is -3.15. The number of carbonyl (C=O) groups excluding carboxylic acids is 1. The first-order valence-corrected chi connectivity index (χ1v) is 11.1. The predicted molar refractivity (Wildman–Crippen MR) is 116 cm³/mol. The van der Waals surface area contributed by atoms with Crippen LogP contribution in [0.4, 0.5) is 0 Å². The summed E-state index contributed by atoms with van der Waals surface area (Å²) < 4.78 is 41.9. The smallest absolute Gasteiger partial charge is 0.246 e. The van der Waals surface area contributed by atoms with E-state index in [-0.39, 0.29) is 28.9 Å². The summed E-state index contributed by atoms with van der Waals surface area (Å²) in [4.78, 5) is 16.4. The van der Waals surface area contributed by atoms with Crippen LogP contribution in [0.25, 0.3) is 11.4 Å². The molecule has 0 saturated carbocycles. The Balaban J connectivity index is 1.62. The number of nitrogens with zero attached hydrogens (tertiary/aromatic N) is 3. The SMILES string of the molecule is COc1ccc(S(=O)(=O)N(C)CC(=O)NCc2nc(-c3ccccc3Cl)no2)cc1OC. The molecule has 0 unspecified atom stereocenters. The van der Waals surface area contributed by atoms with Crippen LogP contribution in [0.3, 0.4) is 0 Å². The van der Waals surface area contributed by atoms with Gasteiger partial charge in [0.25, 0.3) is 0 Å². The Labute approximate surface area is 190 Å². The molecule has 3 aromatic rings. The van der Waals surface area contributed by atoms with Crippen molar-refractivity contribution < 1.29 is 27.2 Å². The van der Waals surface area contributed by atoms with E-state index >= 15 is 0 Å². The molecule has 1 amide bonds. The Morgan fingerprint density at radius 1 is 1.16 bits per heavy atom. The first kappa shape index (κ1) is 23.5. The van der Waals surface area contributed by atoms with Crippen molar-refractivity contribution in [2.75, 3.05) is 27.8 Å². The molecule has 12 heteroatoms. The van der Waals surface area contributed by atoms with Crippen LogP contribution in [0.5, 0.6) is 11.5 Å². The van der Waals surface area contributed by atoms with Crippen LogP contribution in [0.15, 0.2) is 51.9 Å². The van der Waals surface area contributed by atoms with Crippen molar-refractivity contribution in [3.63, 3.8) is 0 Å². The molecule has 1 heterocycles. The first-order valence-electron chi connectivity index (χ1n) is 9.28. The van der Waals surface area contributed by atoms with Crippen molar-refractivity contribution in [3.05, 3.63) is 53.4 Å². The molecular weight excluding hydrogens is 460 g/mol. The van der Waals surface area contributed by atoms with Gasteiger partial charge in [0, 0.05) is 18.7 Å². The standard InChI is InChI=1S/C20H21ClN4O6S/c1-25(32(27,28)13-8-9-16(29-2)17(10-13)30-3)12-18(26)22-11-19-23-20(24-31-19)14-6-4-5-7-15(14)21/h4-10H,11-12H2,1-3H3,(H,22,26). The molecule has 0 spiro atoms. The van der Waals surface area contributed by atoms with Gasteiger partial charge in [0.2, 0.25) is 27.6 Å². The highest BCUT2D eigenvalue weighted by atomic mass is 35.5. The van der Waals surface area contributed by atoms with E-state index < -0.39 is 22.5 Å². The lowest BCUT2D eigenvalue weighted by atomic mass is 10.2. The zero-order valence-corrected chi connectivity index (χ0v) is 19.1. The number of sulfonamides is 1. The van der Waals surface area contributed by atoms with Crippen LogP contribution < -0.4 is 14.8 Å². The number of benzene rings is 2. The first-order chi connectivity index (χ1) is 15.3. The topological polar surface area (TPSA) is 124 Å². The molecule has 0 atom stereocenters. The van der Waals surface area contributed by atoms with Crippen LogP contribution in [0.2, 0.25) is 5.02 Å². The lowest BCUT2D eigenvalue weighted by molar-refractivity contribution is -0.121. The summed E-state index contributed by atoms with van der Waals surface area (Å²) in [6.45, 7) is -0.483. The quantitative estimate of drug-likeness (QED) is 0.495. The average Bonchev–Trinajstić information content (AvgIpc) is 3.26. The summed E-state index contributed by atoms with van der Waals surface area (Å²) in [6, 6.07) is 11.2. The van der Waals surface area contributed by atoms with E-state index in [0.717, 1.165) is 4.31 Å². The van der Waals surface area contributed by atoms with Crippen molar-refractivity contribution in [2.45, 2.75) is 11.4 Å². The second-order valence-corrected chi connectivity index (χ2v) is 9.00. The van der Waals surface area contributed by atoms with E-state index in [0.29, 0.717) is 16.3 Å². The molecule has 1 aromatic heterocycles. The summed E-state index contributed by atoms with van der Waals surface area (Å²) in [5.41, 5.74) is 0.594. The van der Waals surface area contributed by atoms with Crippen molar-refractivity contribution in [1.29, 1.82) is 0 Å². The number of carbonyl (C=O) groups is 1. The lowest BCUT2D eigenvalue weighted by Crippen LogP contribution is -2.38. The van der Waals surface area contributed by atoms with Gasteiger partial charge in [-0.05, 0) is 24.3 Å². The minimum Gasteiger partial charge on any atom is -0.493 e. The van der Waals surface area contributed by atoms with Gasteiger partial charge in [0.15, 0.2) is 11.5 Å². The number of nitrogens with one attached hydrogen (secondary N) is 1. The maximum absolute atomic E-state index is 12.8. The molecule has 0 aliphatic rings. The zero-order chi connectivity index (χ0) is 23.3. The largest absolute Gasteiger partial charge is 0.493 e. The van der Waals surface area contributed by atoms with Crippen LogP contribution in [0, 0.1) is 0 Å². The average molecular weight is 481 g/mol. The Bertz CT molecular complexity index is 1210. The third-order valence-corrected chi connectivity index (χ3v) is 6.58. The van der Waals surface area contributed by atoms with Gasteiger partial charge in [0.1, 0.15) is 0 Å². The van der Waals surface area contributed by atoms with Gasteiger partial charge in [-0.15, -0.1) is 0 Å². The monoisotopic (exact) mass is 480 g/mol. The van der Waals surface area contributed by atoms with Crippen LogP contribution in [0.1, 0.15) is 5.89 Å². The molecule has 0 bridgehead atoms. The van der Waals surface area contributed by atoms with E-state index in [2.05, 4.69) is 15.5 Å². The fourth-order valence-corrected chi connectivity index (χ4v) is 4.12. The molecule has 0 aliphatic carbocycles. The summed E-state index contributed by atoms with van der Waals surface area (Å²) in [5, 5.41) is 6.86. The molecular formula is C20H21ClN4O6S. The van der Waals surface area contributed by atoms with Crippen LogP contribution >= 0.6 is 11.6 Å². The van der Waals surface area contributed by atoms with E-state index in [9.17, 15) is 13.2 Å². The number of likely N-dealkylation sites (N-methyl/N-ethyl adjacent to an activating group) is 1. The van der Waals surface area contributed by atoms with Crippen molar-refractivity contribution >= 4 is 27.5 Å². The van der Waals surface area contributed by atoms with Gasteiger partial charge in [-0.2, -0.15) is 9.29 Å². The lowest BCUT2D eigenvalue weighted by Gasteiger charge is -2.17. The third-order valence-electron chi connectivity index (χ3n) is 4.45. The van der Waals surface area contributed by atoms with E-state index in [1.165, 1.54) is 39.5 Å². The molecule has 2 aromatic carbocycles. The zero-order valence-electron chi connectivity index (χ0n) is 17.5. The number of halogens is 1. The molecule has 0 aliphatic heterocycles. The Kier molecular flexibility index (Phi) is 7.33. The summed E-state index contributed by atoms with van der Waals surface area (Å²) in [5.74, 6) is 0.542. The van der Waals surface area contributed by atoms with E-state index in [1.807, 2.05) is 0 Å². The number of amides is 1. The minimum atomic E-state index is -3.94. The molecule has 0 fully saturated rings. The van der Waals surface area contributed by atoms with Crippen molar-refractivity contribution in [2.24, 2.45) is 0 Å². The van der Waals surface area contributed by atoms with E-state index in [1.54, 1.807) is 24.3 Å². The Morgan fingerprint density at radius 2 is 1.88 bits per heavy atom. The molecule has 3 rings (SSSR count). The highest BCUT2D eigenvalue weighted by molar-refractivity contribution is 7.89. The van der Waals surface area contributed by atoms with Crippen molar-refractivity contribution in [1.82, 2.24) is 19.8 Å². The highest BCUT2D eigenvalue weighted by Gasteiger charge is 2.24. The molecule has 10 nitrogen and oxygen atoms in total. The highest BCUT2D eigenvalue weighted by Crippen LogP contribution is 2.30. The van der Waals surface area contributed by atoms with Gasteiger partial charge in [-0.1, -0.05) is 28.9 Å². The fraction of sp³-hybridized carbons (Fsp3) is 0.250. The van der Waals surface area contributed by atoms with Gasteiger partial charge < -0.3 is 19.3 Å².